The number of nitrogens with two attached hydrogens (primary N) is 1. The minimum absolute atomic E-state index is 0.531. The third-order valence-corrected chi connectivity index (χ3v) is 4.46. The quantitative estimate of drug-likeness (QED) is 0.797. The molecular weight excluding hydrogens is 256 g/mol. The van der Waals surface area contributed by atoms with Gasteiger partial charge in [-0.1, -0.05) is 6.92 Å². The number of aromatic nitrogens is 3. The summed E-state index contributed by atoms with van der Waals surface area (Å²) in [6.45, 7) is 4.94. The van der Waals surface area contributed by atoms with Crippen LogP contribution in [-0.4, -0.2) is 14.5 Å². The van der Waals surface area contributed by atoms with E-state index in [-0.39, 0.29) is 0 Å². The average molecular weight is 272 g/mol. The van der Waals surface area contributed by atoms with Crippen LogP contribution in [0.3, 0.4) is 0 Å². The third kappa shape index (κ3) is 2.10. The molecule has 3 rings (SSSR count). The van der Waals surface area contributed by atoms with Gasteiger partial charge in [-0.2, -0.15) is 0 Å². The van der Waals surface area contributed by atoms with Crippen LogP contribution in [0.4, 0.5) is 5.95 Å². The largest absolute Gasteiger partial charge is 0.369 e. The van der Waals surface area contributed by atoms with Crippen molar-refractivity contribution in [3.05, 3.63) is 39.7 Å². The maximum Gasteiger partial charge on any atom is 0.202 e. The van der Waals surface area contributed by atoms with Crippen molar-refractivity contribution in [1.29, 1.82) is 0 Å². The molecule has 0 saturated heterocycles. The first-order chi connectivity index (χ1) is 9.19. The van der Waals surface area contributed by atoms with E-state index in [1.54, 1.807) is 6.20 Å². The summed E-state index contributed by atoms with van der Waals surface area (Å²) in [6.07, 6.45) is 2.88. The van der Waals surface area contributed by atoms with Gasteiger partial charge in [0.2, 0.25) is 5.95 Å². The van der Waals surface area contributed by atoms with Gasteiger partial charge in [-0.15, -0.1) is 11.3 Å². The second-order valence-electron chi connectivity index (χ2n) is 4.58. The van der Waals surface area contributed by atoms with Crippen LogP contribution in [0, 0.1) is 6.92 Å². The van der Waals surface area contributed by atoms with Crippen molar-refractivity contribution in [2.24, 2.45) is 0 Å². The predicted octanol–water partition coefficient (Wildman–Crippen LogP) is 2.99. The topological polar surface area (TPSA) is 56.7 Å². The van der Waals surface area contributed by atoms with E-state index in [9.17, 15) is 0 Å². The van der Waals surface area contributed by atoms with Gasteiger partial charge in [0.15, 0.2) is 5.65 Å². The molecule has 0 amide bonds. The van der Waals surface area contributed by atoms with Crippen LogP contribution in [0.2, 0.25) is 0 Å². The molecule has 5 heteroatoms. The number of hydrogen-bond acceptors (Lipinski definition) is 4. The molecule has 0 aliphatic heterocycles. The molecule has 0 aliphatic carbocycles. The second-order valence-corrected chi connectivity index (χ2v) is 5.83. The molecule has 3 aromatic rings. The Morgan fingerprint density at radius 1 is 1.26 bits per heavy atom. The van der Waals surface area contributed by atoms with Crippen LogP contribution >= 0.6 is 11.3 Å². The lowest BCUT2D eigenvalue weighted by Crippen LogP contribution is -2.04. The molecule has 3 aromatic heterocycles. The molecule has 0 radical (unpaired) electrons. The lowest BCUT2D eigenvalue weighted by molar-refractivity contribution is 0.841. The zero-order valence-electron chi connectivity index (χ0n) is 11.1. The Bertz CT molecular complexity index is 726. The summed E-state index contributed by atoms with van der Waals surface area (Å²) in [6, 6.07) is 6.29. The van der Waals surface area contributed by atoms with Crippen molar-refractivity contribution < 1.29 is 0 Å². The van der Waals surface area contributed by atoms with Gasteiger partial charge in [0.1, 0.15) is 5.52 Å². The Labute approximate surface area is 115 Å². The Morgan fingerprint density at radius 3 is 2.79 bits per heavy atom. The summed E-state index contributed by atoms with van der Waals surface area (Å²) >= 11 is 1.82. The number of pyridine rings is 1. The fraction of sp³-hybridized carbons (Fsp3) is 0.286. The SMILES string of the molecule is CCc1ccc(Cn2c(N)nc3c(C)ccnc32)s1. The van der Waals surface area contributed by atoms with Crippen molar-refractivity contribution in [1.82, 2.24) is 14.5 Å². The van der Waals surface area contributed by atoms with Crippen LogP contribution in [0.25, 0.3) is 11.2 Å². The van der Waals surface area contributed by atoms with E-state index in [0.717, 1.165) is 29.7 Å². The highest BCUT2D eigenvalue weighted by Crippen LogP contribution is 2.23. The molecule has 0 spiro atoms. The minimum atomic E-state index is 0.531. The van der Waals surface area contributed by atoms with Gasteiger partial charge in [-0.05, 0) is 37.1 Å². The van der Waals surface area contributed by atoms with Gasteiger partial charge in [0.25, 0.3) is 0 Å². The molecule has 0 aromatic carbocycles. The molecule has 0 unspecified atom stereocenters. The first kappa shape index (κ1) is 12.2. The molecule has 0 aliphatic rings. The molecule has 98 valence electrons. The first-order valence-electron chi connectivity index (χ1n) is 6.34. The summed E-state index contributed by atoms with van der Waals surface area (Å²) in [5.41, 5.74) is 8.89. The summed E-state index contributed by atoms with van der Waals surface area (Å²) in [5.74, 6) is 0.531. The Hall–Kier alpha value is -1.88. The van der Waals surface area contributed by atoms with Gasteiger partial charge < -0.3 is 5.73 Å². The highest BCUT2D eigenvalue weighted by Gasteiger charge is 2.12. The summed E-state index contributed by atoms with van der Waals surface area (Å²) in [7, 11) is 0. The van der Waals surface area contributed by atoms with E-state index in [1.165, 1.54) is 9.75 Å². The van der Waals surface area contributed by atoms with E-state index in [4.69, 9.17) is 5.73 Å². The normalized spacial score (nSPS) is 11.3. The van der Waals surface area contributed by atoms with Gasteiger partial charge in [0, 0.05) is 16.0 Å². The highest BCUT2D eigenvalue weighted by atomic mass is 32.1. The zero-order chi connectivity index (χ0) is 13.4. The molecule has 0 saturated carbocycles. The number of aryl methyl sites for hydroxylation is 2. The number of thiophene rings is 1. The Kier molecular flexibility index (Phi) is 2.98. The van der Waals surface area contributed by atoms with Gasteiger partial charge in [0.05, 0.1) is 6.54 Å². The first-order valence-corrected chi connectivity index (χ1v) is 7.15. The van der Waals surface area contributed by atoms with Crippen molar-refractivity contribution >= 4 is 28.4 Å². The molecular formula is C14H16N4S. The number of imidazole rings is 1. The molecule has 19 heavy (non-hydrogen) atoms. The second kappa shape index (κ2) is 4.66. The molecule has 4 nitrogen and oxygen atoms in total. The molecule has 0 atom stereocenters. The van der Waals surface area contributed by atoms with Gasteiger partial charge >= 0.3 is 0 Å². The molecule has 0 bridgehead atoms. The number of fused-ring (bicyclic) bond motifs is 1. The number of rotatable bonds is 3. The van der Waals surface area contributed by atoms with Crippen molar-refractivity contribution in [2.45, 2.75) is 26.8 Å². The zero-order valence-corrected chi connectivity index (χ0v) is 11.9. The van der Waals surface area contributed by atoms with E-state index >= 15 is 0 Å². The smallest absolute Gasteiger partial charge is 0.202 e. The third-order valence-electron chi connectivity index (χ3n) is 3.24. The lowest BCUT2D eigenvalue weighted by Gasteiger charge is -2.03. The van der Waals surface area contributed by atoms with Crippen LogP contribution in [0.1, 0.15) is 22.2 Å². The lowest BCUT2D eigenvalue weighted by atomic mass is 10.3. The average Bonchev–Trinajstić information content (AvgIpc) is 2.97. The minimum Gasteiger partial charge on any atom is -0.369 e. The fourth-order valence-corrected chi connectivity index (χ4v) is 3.11. The van der Waals surface area contributed by atoms with Crippen molar-refractivity contribution in [2.75, 3.05) is 5.73 Å². The van der Waals surface area contributed by atoms with E-state index < -0.39 is 0 Å². The highest BCUT2D eigenvalue weighted by molar-refractivity contribution is 7.11. The monoisotopic (exact) mass is 272 g/mol. The standard InChI is InChI=1S/C14H16N4S/c1-3-10-4-5-11(19-10)8-18-13-12(17-14(18)15)9(2)6-7-16-13/h4-7H,3,8H2,1-2H3,(H2,15,17). The van der Waals surface area contributed by atoms with Crippen LogP contribution < -0.4 is 5.73 Å². The number of hydrogen-bond donors (Lipinski definition) is 1. The number of anilines is 1. The van der Waals surface area contributed by atoms with Crippen LogP contribution in [-0.2, 0) is 13.0 Å². The molecule has 3 heterocycles. The van der Waals surface area contributed by atoms with Crippen molar-refractivity contribution in [3.63, 3.8) is 0 Å². The van der Waals surface area contributed by atoms with Crippen LogP contribution in [0.15, 0.2) is 24.4 Å². The Balaban J connectivity index is 2.05. The number of nitrogen functional groups attached to an aromatic ring is 1. The van der Waals surface area contributed by atoms with Gasteiger partial charge in [-0.3, -0.25) is 4.57 Å². The van der Waals surface area contributed by atoms with E-state index in [0.29, 0.717) is 5.95 Å². The maximum atomic E-state index is 6.03. The fourth-order valence-electron chi connectivity index (χ4n) is 2.16. The molecule has 0 fully saturated rings. The van der Waals surface area contributed by atoms with Gasteiger partial charge in [-0.25, -0.2) is 9.97 Å². The number of nitrogens with zero attached hydrogens (tertiary/aromatic N) is 3. The van der Waals surface area contributed by atoms with Crippen LogP contribution in [0.5, 0.6) is 0 Å². The maximum absolute atomic E-state index is 6.03. The van der Waals surface area contributed by atoms with E-state index in [1.807, 2.05) is 28.9 Å². The summed E-state index contributed by atoms with van der Waals surface area (Å²) in [4.78, 5) is 11.5. The predicted molar refractivity (Wildman–Crippen MR) is 79.5 cm³/mol. The van der Waals surface area contributed by atoms with Crippen molar-refractivity contribution in [3.8, 4) is 0 Å². The summed E-state index contributed by atoms with van der Waals surface area (Å²) < 4.78 is 1.98. The summed E-state index contributed by atoms with van der Waals surface area (Å²) in [5, 5.41) is 0. The van der Waals surface area contributed by atoms with E-state index in [2.05, 4.69) is 29.0 Å². The molecule has 2 N–H and O–H groups in total. The Morgan fingerprint density at radius 2 is 2.05 bits per heavy atom.